The molecule has 4 rings (SSSR count). The molecular weight excluding hydrogens is 390 g/mol. The van der Waals surface area contributed by atoms with E-state index >= 15 is 0 Å². The summed E-state index contributed by atoms with van der Waals surface area (Å²) in [5.41, 5.74) is 4.15. The van der Waals surface area contributed by atoms with Crippen molar-refractivity contribution in [1.82, 2.24) is 0 Å². The highest BCUT2D eigenvalue weighted by Gasteiger charge is 2.21. The van der Waals surface area contributed by atoms with Gasteiger partial charge < -0.3 is 25.4 Å². The molecule has 0 radical (unpaired) electrons. The van der Waals surface area contributed by atoms with Gasteiger partial charge in [0.05, 0.1) is 18.9 Å². The molecule has 0 saturated carbocycles. The van der Waals surface area contributed by atoms with Gasteiger partial charge in [-0.1, -0.05) is 18.2 Å². The number of para-hydroxylation sites is 1. The molecule has 3 N–H and O–H groups in total. The molecule has 0 unspecified atom stereocenters. The second-order valence-corrected chi connectivity index (χ2v) is 7.63. The number of carbonyl (C=O) groups excluding carboxylic acids is 1. The van der Waals surface area contributed by atoms with E-state index < -0.39 is 0 Å². The van der Waals surface area contributed by atoms with Crippen molar-refractivity contribution in [2.24, 2.45) is 0 Å². The van der Waals surface area contributed by atoms with Crippen LogP contribution in [0, 0.1) is 0 Å². The number of ether oxygens (including phenoxy) is 1. The van der Waals surface area contributed by atoms with Crippen LogP contribution in [0.4, 0.5) is 22.7 Å². The highest BCUT2D eigenvalue weighted by molar-refractivity contribution is 6.05. The Morgan fingerprint density at radius 3 is 2.26 bits per heavy atom. The fourth-order valence-electron chi connectivity index (χ4n) is 3.72. The molecule has 3 aromatic carbocycles. The fourth-order valence-corrected chi connectivity index (χ4v) is 3.72. The van der Waals surface area contributed by atoms with Crippen LogP contribution in [-0.4, -0.2) is 37.3 Å². The summed E-state index contributed by atoms with van der Waals surface area (Å²) in [6.07, 6.45) is 1.24. The number of methoxy groups -OCH3 is 1. The number of anilines is 4. The van der Waals surface area contributed by atoms with Crippen LogP contribution in [0.25, 0.3) is 0 Å². The van der Waals surface area contributed by atoms with Crippen LogP contribution in [0.2, 0.25) is 0 Å². The van der Waals surface area contributed by atoms with Gasteiger partial charge in [0.1, 0.15) is 5.75 Å². The molecule has 160 valence electrons. The Hall–Kier alpha value is -3.51. The smallest absolute Gasteiger partial charge is 0.255 e. The standard InChI is InChI=1S/C25H27N3O3/c1-31-24-17-18(7-12-23(24)28-15-13-22(29)14-16-28)25(30)27-21-10-8-20(9-11-21)26-19-5-3-2-4-6-19/h2-12,17,22,26,29H,13-16H2,1H3,(H,27,30). The van der Waals surface area contributed by atoms with Gasteiger partial charge in [-0.15, -0.1) is 0 Å². The van der Waals surface area contributed by atoms with Crippen LogP contribution in [0.3, 0.4) is 0 Å². The summed E-state index contributed by atoms with van der Waals surface area (Å²) in [7, 11) is 1.61. The van der Waals surface area contributed by atoms with Gasteiger partial charge in [0, 0.05) is 35.7 Å². The van der Waals surface area contributed by atoms with E-state index in [4.69, 9.17) is 4.74 Å². The summed E-state index contributed by atoms with van der Waals surface area (Å²) in [4.78, 5) is 14.9. The quantitative estimate of drug-likeness (QED) is 0.544. The van der Waals surface area contributed by atoms with E-state index in [9.17, 15) is 9.90 Å². The molecule has 0 spiro atoms. The third-order valence-electron chi connectivity index (χ3n) is 5.45. The van der Waals surface area contributed by atoms with Gasteiger partial charge in [-0.3, -0.25) is 4.79 Å². The van der Waals surface area contributed by atoms with Crippen molar-refractivity contribution in [3.05, 3.63) is 78.4 Å². The number of piperidine rings is 1. The Morgan fingerprint density at radius 2 is 1.58 bits per heavy atom. The molecule has 0 atom stereocenters. The molecule has 0 aliphatic carbocycles. The lowest BCUT2D eigenvalue weighted by Gasteiger charge is -2.32. The summed E-state index contributed by atoms with van der Waals surface area (Å²) in [5.74, 6) is 0.467. The number of nitrogens with zero attached hydrogens (tertiary/aromatic N) is 1. The normalized spacial score (nSPS) is 14.2. The molecule has 6 heteroatoms. The molecule has 1 amide bonds. The van der Waals surface area contributed by atoms with Crippen molar-refractivity contribution >= 4 is 28.7 Å². The zero-order chi connectivity index (χ0) is 21.6. The second kappa shape index (κ2) is 9.53. The molecule has 6 nitrogen and oxygen atoms in total. The first-order chi connectivity index (χ1) is 15.1. The molecular formula is C25H27N3O3. The van der Waals surface area contributed by atoms with E-state index in [1.807, 2.05) is 66.7 Å². The number of aliphatic hydroxyl groups excluding tert-OH is 1. The lowest BCUT2D eigenvalue weighted by atomic mass is 10.1. The van der Waals surface area contributed by atoms with E-state index in [0.717, 1.165) is 48.7 Å². The minimum Gasteiger partial charge on any atom is -0.495 e. The van der Waals surface area contributed by atoms with Gasteiger partial charge in [0.25, 0.3) is 5.91 Å². The number of carbonyl (C=O) groups is 1. The monoisotopic (exact) mass is 417 g/mol. The molecule has 31 heavy (non-hydrogen) atoms. The minimum absolute atomic E-state index is 0.192. The van der Waals surface area contributed by atoms with Gasteiger partial charge in [-0.25, -0.2) is 0 Å². The van der Waals surface area contributed by atoms with Crippen LogP contribution in [0.5, 0.6) is 5.75 Å². The number of nitrogens with one attached hydrogen (secondary N) is 2. The van der Waals surface area contributed by atoms with Crippen LogP contribution >= 0.6 is 0 Å². The SMILES string of the molecule is COc1cc(C(=O)Nc2ccc(Nc3ccccc3)cc2)ccc1N1CCC(O)CC1. The Bertz CT molecular complexity index is 1010. The number of hydrogen-bond donors (Lipinski definition) is 3. The average Bonchev–Trinajstić information content (AvgIpc) is 2.81. The first kappa shape index (κ1) is 20.8. The second-order valence-electron chi connectivity index (χ2n) is 7.63. The summed E-state index contributed by atoms with van der Waals surface area (Å²) in [6, 6.07) is 23.0. The average molecular weight is 418 g/mol. The Balaban J connectivity index is 1.42. The maximum atomic E-state index is 12.8. The lowest BCUT2D eigenvalue weighted by Crippen LogP contribution is -2.36. The van der Waals surface area contributed by atoms with Crippen molar-refractivity contribution in [2.45, 2.75) is 18.9 Å². The molecule has 1 fully saturated rings. The van der Waals surface area contributed by atoms with Crippen molar-refractivity contribution < 1.29 is 14.6 Å². The number of hydrogen-bond acceptors (Lipinski definition) is 5. The summed E-state index contributed by atoms with van der Waals surface area (Å²) in [5, 5.41) is 16.0. The van der Waals surface area contributed by atoms with Crippen LogP contribution < -0.4 is 20.3 Å². The summed E-state index contributed by atoms with van der Waals surface area (Å²) >= 11 is 0. The molecule has 1 aliphatic rings. The number of benzene rings is 3. The fraction of sp³-hybridized carbons (Fsp3) is 0.240. The van der Waals surface area contributed by atoms with Crippen LogP contribution in [0.15, 0.2) is 72.8 Å². The van der Waals surface area contributed by atoms with Crippen molar-refractivity contribution in [3.63, 3.8) is 0 Å². The van der Waals surface area contributed by atoms with E-state index in [2.05, 4.69) is 15.5 Å². The molecule has 0 aromatic heterocycles. The van der Waals surface area contributed by atoms with E-state index in [1.165, 1.54) is 0 Å². The number of amides is 1. The van der Waals surface area contributed by atoms with Gasteiger partial charge in [-0.2, -0.15) is 0 Å². The summed E-state index contributed by atoms with van der Waals surface area (Å²) in [6.45, 7) is 1.54. The molecule has 1 aliphatic heterocycles. The van der Waals surface area contributed by atoms with Crippen LogP contribution in [0.1, 0.15) is 23.2 Å². The third kappa shape index (κ3) is 5.16. The highest BCUT2D eigenvalue weighted by atomic mass is 16.5. The van der Waals surface area contributed by atoms with Crippen molar-refractivity contribution in [1.29, 1.82) is 0 Å². The van der Waals surface area contributed by atoms with E-state index in [1.54, 1.807) is 13.2 Å². The molecule has 1 saturated heterocycles. The largest absolute Gasteiger partial charge is 0.495 e. The van der Waals surface area contributed by atoms with Gasteiger partial charge in [0.2, 0.25) is 0 Å². The minimum atomic E-state index is -0.235. The molecule has 0 bridgehead atoms. The Morgan fingerprint density at radius 1 is 0.935 bits per heavy atom. The summed E-state index contributed by atoms with van der Waals surface area (Å²) < 4.78 is 5.55. The van der Waals surface area contributed by atoms with Gasteiger partial charge in [0.15, 0.2) is 0 Å². The first-order valence-corrected chi connectivity index (χ1v) is 10.5. The predicted octanol–water partition coefficient (Wildman–Crippen LogP) is 4.65. The van der Waals surface area contributed by atoms with E-state index in [-0.39, 0.29) is 12.0 Å². The molecule has 1 heterocycles. The Kier molecular flexibility index (Phi) is 6.38. The van der Waals surface area contributed by atoms with Crippen molar-refractivity contribution in [3.8, 4) is 5.75 Å². The molecule has 3 aromatic rings. The van der Waals surface area contributed by atoms with E-state index in [0.29, 0.717) is 11.3 Å². The van der Waals surface area contributed by atoms with Crippen LogP contribution in [-0.2, 0) is 0 Å². The zero-order valence-corrected chi connectivity index (χ0v) is 17.5. The number of rotatable bonds is 6. The number of aliphatic hydroxyl groups is 1. The zero-order valence-electron chi connectivity index (χ0n) is 17.5. The first-order valence-electron chi connectivity index (χ1n) is 10.5. The Labute approximate surface area is 182 Å². The third-order valence-corrected chi connectivity index (χ3v) is 5.45. The predicted molar refractivity (Wildman–Crippen MR) is 125 cm³/mol. The van der Waals surface area contributed by atoms with Gasteiger partial charge in [-0.05, 0) is 67.4 Å². The van der Waals surface area contributed by atoms with Gasteiger partial charge >= 0.3 is 0 Å². The lowest BCUT2D eigenvalue weighted by molar-refractivity contribution is 0.102. The maximum Gasteiger partial charge on any atom is 0.255 e. The van der Waals surface area contributed by atoms with Crippen molar-refractivity contribution in [2.75, 3.05) is 35.7 Å². The maximum absolute atomic E-state index is 12.8. The highest BCUT2D eigenvalue weighted by Crippen LogP contribution is 2.32. The topological polar surface area (TPSA) is 73.8 Å².